The quantitative estimate of drug-likeness (QED) is 0.736. The second kappa shape index (κ2) is 6.15. The van der Waals surface area contributed by atoms with Crippen LogP contribution in [0.4, 0.5) is 11.4 Å². The van der Waals surface area contributed by atoms with Crippen molar-refractivity contribution in [1.82, 2.24) is 9.91 Å². The number of phenols is 1. The molecule has 0 radical (unpaired) electrons. The van der Waals surface area contributed by atoms with Crippen molar-refractivity contribution in [1.29, 1.82) is 5.41 Å². The Morgan fingerprint density at radius 1 is 1.41 bits per heavy atom. The van der Waals surface area contributed by atoms with Gasteiger partial charge in [-0.1, -0.05) is 0 Å². The molecular formula is C15H22N6O. The summed E-state index contributed by atoms with van der Waals surface area (Å²) in [6, 6.07) is 4.68. The van der Waals surface area contributed by atoms with E-state index in [9.17, 15) is 5.11 Å². The lowest BCUT2D eigenvalue weighted by Crippen LogP contribution is -2.33. The second-order valence-corrected chi connectivity index (χ2v) is 5.77. The van der Waals surface area contributed by atoms with Crippen molar-refractivity contribution in [3.8, 4) is 5.75 Å². The molecule has 4 N–H and O–H groups in total. The normalized spacial score (nSPS) is 17.0. The topological polar surface area (TPSA) is 101 Å². The van der Waals surface area contributed by atoms with Crippen LogP contribution in [0, 0.1) is 5.41 Å². The van der Waals surface area contributed by atoms with E-state index < -0.39 is 0 Å². The molecule has 0 fully saturated rings. The molecule has 1 aromatic rings. The van der Waals surface area contributed by atoms with Crippen LogP contribution in [0.3, 0.4) is 0 Å². The number of aromatic hydroxyl groups is 1. The Hall–Kier alpha value is -2.41. The van der Waals surface area contributed by atoms with E-state index in [1.807, 2.05) is 32.8 Å². The fraction of sp³-hybridized carbons (Fsp3) is 0.400. The minimum atomic E-state index is 0.0783. The van der Waals surface area contributed by atoms with Gasteiger partial charge in [-0.05, 0) is 40.1 Å². The van der Waals surface area contributed by atoms with Crippen molar-refractivity contribution in [2.45, 2.75) is 19.9 Å². The number of hydrogen-bond acceptors (Lipinski definition) is 6. The van der Waals surface area contributed by atoms with Gasteiger partial charge in [0.2, 0.25) is 0 Å². The van der Waals surface area contributed by atoms with Crippen molar-refractivity contribution in [2.24, 2.45) is 10.1 Å². The summed E-state index contributed by atoms with van der Waals surface area (Å²) in [6.45, 7) is 4.54. The van der Waals surface area contributed by atoms with E-state index in [0.717, 1.165) is 5.71 Å². The number of rotatable bonds is 4. The number of nitrogens with zero attached hydrogens (tertiary/aromatic N) is 4. The van der Waals surface area contributed by atoms with E-state index in [1.54, 1.807) is 11.1 Å². The van der Waals surface area contributed by atoms with E-state index in [0.29, 0.717) is 23.6 Å². The summed E-state index contributed by atoms with van der Waals surface area (Å²) in [5.74, 6) is 0.355. The van der Waals surface area contributed by atoms with E-state index >= 15 is 0 Å². The summed E-state index contributed by atoms with van der Waals surface area (Å²) in [5.41, 5.74) is 8.02. The van der Waals surface area contributed by atoms with Crippen LogP contribution in [0.15, 0.2) is 28.3 Å². The molecule has 0 unspecified atom stereocenters. The zero-order valence-electron chi connectivity index (χ0n) is 13.3. The maximum absolute atomic E-state index is 9.43. The molecule has 0 aliphatic carbocycles. The Bertz CT molecular complexity index is 647. The number of aliphatic imine (C=N–C) groups is 1. The summed E-state index contributed by atoms with van der Waals surface area (Å²) in [4.78, 5) is 6.48. The number of amidine groups is 1. The SMILES string of the molecule is CC(C)N1N=C(CN(C)C)C(=Nc2ccc(O)cc2N)C1=N. The smallest absolute Gasteiger partial charge is 0.169 e. The molecule has 0 amide bonds. The summed E-state index contributed by atoms with van der Waals surface area (Å²) in [6.07, 6.45) is 0. The monoisotopic (exact) mass is 302 g/mol. The molecule has 7 heteroatoms. The molecule has 1 aromatic carbocycles. The fourth-order valence-corrected chi connectivity index (χ4v) is 2.13. The van der Waals surface area contributed by atoms with Crippen LogP contribution in [0.2, 0.25) is 0 Å². The molecule has 1 heterocycles. The van der Waals surface area contributed by atoms with Gasteiger partial charge in [0.05, 0.1) is 11.4 Å². The molecule has 118 valence electrons. The summed E-state index contributed by atoms with van der Waals surface area (Å²) in [5, 5.41) is 23.9. The molecule has 0 spiro atoms. The number of anilines is 1. The van der Waals surface area contributed by atoms with Crippen LogP contribution < -0.4 is 5.73 Å². The molecule has 1 aliphatic heterocycles. The predicted molar refractivity (Wildman–Crippen MR) is 90.3 cm³/mol. The molecule has 1 aliphatic rings. The Labute approximate surface area is 130 Å². The largest absolute Gasteiger partial charge is 0.508 e. The number of nitrogen functional groups attached to an aromatic ring is 1. The minimum Gasteiger partial charge on any atom is -0.508 e. The first-order valence-corrected chi connectivity index (χ1v) is 7.07. The van der Waals surface area contributed by atoms with Gasteiger partial charge in [-0.2, -0.15) is 5.10 Å². The van der Waals surface area contributed by atoms with Crippen LogP contribution in [0.1, 0.15) is 13.8 Å². The first-order valence-electron chi connectivity index (χ1n) is 7.07. The number of hydrazone groups is 1. The van der Waals surface area contributed by atoms with Crippen LogP contribution in [-0.4, -0.2) is 59.0 Å². The van der Waals surface area contributed by atoms with Crippen LogP contribution >= 0.6 is 0 Å². The van der Waals surface area contributed by atoms with Gasteiger partial charge in [-0.15, -0.1) is 0 Å². The van der Waals surface area contributed by atoms with Crippen LogP contribution in [-0.2, 0) is 0 Å². The zero-order valence-corrected chi connectivity index (χ0v) is 13.3. The zero-order chi connectivity index (χ0) is 16.4. The van der Waals surface area contributed by atoms with Gasteiger partial charge in [0.15, 0.2) is 5.84 Å². The Morgan fingerprint density at radius 2 is 2.09 bits per heavy atom. The highest BCUT2D eigenvalue weighted by Crippen LogP contribution is 2.27. The highest BCUT2D eigenvalue weighted by atomic mass is 16.3. The molecule has 0 bridgehead atoms. The summed E-state index contributed by atoms with van der Waals surface area (Å²) in [7, 11) is 3.88. The summed E-state index contributed by atoms with van der Waals surface area (Å²) >= 11 is 0. The van der Waals surface area contributed by atoms with Crippen molar-refractivity contribution in [2.75, 3.05) is 26.4 Å². The predicted octanol–water partition coefficient (Wildman–Crippen LogP) is 1.67. The minimum absolute atomic E-state index is 0.0783. The van der Waals surface area contributed by atoms with Crippen LogP contribution in [0.5, 0.6) is 5.75 Å². The lowest BCUT2D eigenvalue weighted by molar-refractivity contribution is 0.373. The number of phenolic OH excluding ortho intramolecular Hbond substituents is 1. The first-order chi connectivity index (χ1) is 10.3. The average Bonchev–Trinajstić information content (AvgIpc) is 2.70. The van der Waals surface area contributed by atoms with Crippen molar-refractivity contribution < 1.29 is 5.11 Å². The van der Waals surface area contributed by atoms with E-state index in [2.05, 4.69) is 10.1 Å². The second-order valence-electron chi connectivity index (χ2n) is 5.77. The van der Waals surface area contributed by atoms with Gasteiger partial charge in [0.25, 0.3) is 0 Å². The standard InChI is InChI=1S/C15H22N6O/c1-9(2)21-15(17)14(13(19-21)8-20(3)4)18-12-6-5-10(22)7-11(12)16/h5-7,9,17,22H,8,16H2,1-4H3. The van der Waals surface area contributed by atoms with Crippen molar-refractivity contribution in [3.05, 3.63) is 18.2 Å². The lowest BCUT2D eigenvalue weighted by Gasteiger charge is -2.17. The van der Waals surface area contributed by atoms with Gasteiger partial charge in [0.1, 0.15) is 17.2 Å². The lowest BCUT2D eigenvalue weighted by atomic mass is 10.2. The Balaban J connectivity index is 2.43. The highest BCUT2D eigenvalue weighted by Gasteiger charge is 2.30. The number of nitrogens with one attached hydrogen (secondary N) is 1. The Kier molecular flexibility index (Phi) is 4.46. The van der Waals surface area contributed by atoms with Crippen molar-refractivity contribution in [3.63, 3.8) is 0 Å². The van der Waals surface area contributed by atoms with Gasteiger partial charge in [0, 0.05) is 18.7 Å². The van der Waals surface area contributed by atoms with Gasteiger partial charge in [-0.3, -0.25) is 5.41 Å². The van der Waals surface area contributed by atoms with Gasteiger partial charge >= 0.3 is 0 Å². The molecule has 7 nitrogen and oxygen atoms in total. The third kappa shape index (κ3) is 3.25. The van der Waals surface area contributed by atoms with Gasteiger partial charge < -0.3 is 15.7 Å². The fourth-order valence-electron chi connectivity index (χ4n) is 2.13. The Morgan fingerprint density at radius 3 is 2.64 bits per heavy atom. The number of nitrogens with two attached hydrogens (primary N) is 1. The molecule has 0 aromatic heterocycles. The molecule has 2 rings (SSSR count). The van der Waals surface area contributed by atoms with Crippen LogP contribution in [0.25, 0.3) is 0 Å². The molecular weight excluding hydrogens is 280 g/mol. The van der Waals surface area contributed by atoms with E-state index in [1.165, 1.54) is 12.1 Å². The third-order valence-corrected chi connectivity index (χ3v) is 3.15. The van der Waals surface area contributed by atoms with Gasteiger partial charge in [-0.25, -0.2) is 10.0 Å². The maximum atomic E-state index is 9.43. The highest BCUT2D eigenvalue weighted by molar-refractivity contribution is 6.70. The molecule has 0 saturated heterocycles. The first kappa shape index (κ1) is 16.0. The van der Waals surface area contributed by atoms with Crippen molar-refractivity contribution >= 4 is 28.6 Å². The van der Waals surface area contributed by atoms with E-state index in [-0.39, 0.29) is 17.6 Å². The maximum Gasteiger partial charge on any atom is 0.169 e. The number of hydrogen-bond donors (Lipinski definition) is 3. The molecule has 0 atom stereocenters. The molecule has 22 heavy (non-hydrogen) atoms. The third-order valence-electron chi connectivity index (χ3n) is 3.15. The molecule has 0 saturated carbocycles. The van der Waals surface area contributed by atoms with E-state index in [4.69, 9.17) is 11.1 Å². The average molecular weight is 302 g/mol. The number of benzene rings is 1. The summed E-state index contributed by atoms with van der Waals surface area (Å²) < 4.78 is 0.